The Kier molecular flexibility index (Phi) is 2.48. The van der Waals surface area contributed by atoms with Crippen LogP contribution in [0.5, 0.6) is 0 Å². The van der Waals surface area contributed by atoms with Crippen LogP contribution in [0.4, 0.5) is 0 Å². The lowest BCUT2D eigenvalue weighted by molar-refractivity contribution is 0.613. The van der Waals surface area contributed by atoms with Crippen molar-refractivity contribution in [2.75, 3.05) is 0 Å². The SMILES string of the molecule is O=S(=O)(I)c1cccc2ccccc12. The Morgan fingerprint density at radius 3 is 2.29 bits per heavy atom. The Bertz CT molecular complexity index is 570. The summed E-state index contributed by atoms with van der Waals surface area (Å²) in [5, 5.41) is 1.73. The minimum absolute atomic E-state index is 0.385. The number of hydrogen-bond donors (Lipinski definition) is 0. The van der Waals surface area contributed by atoms with Gasteiger partial charge in [0.2, 0.25) is 7.01 Å². The zero-order valence-corrected chi connectivity index (χ0v) is 10.1. The molecule has 0 aromatic heterocycles. The first-order valence-corrected chi connectivity index (χ1v) is 8.04. The van der Waals surface area contributed by atoms with E-state index < -0.39 is 7.01 Å². The third-order valence-electron chi connectivity index (χ3n) is 2.01. The maximum atomic E-state index is 11.4. The van der Waals surface area contributed by atoms with Crippen LogP contribution in [0, 0.1) is 0 Å². The van der Waals surface area contributed by atoms with E-state index in [4.69, 9.17) is 0 Å². The molecule has 0 saturated heterocycles. The van der Waals surface area contributed by atoms with E-state index in [-0.39, 0.29) is 0 Å². The molecule has 0 fully saturated rings. The maximum absolute atomic E-state index is 11.4. The van der Waals surface area contributed by atoms with Crippen LogP contribution in [0.3, 0.4) is 0 Å². The fourth-order valence-electron chi connectivity index (χ4n) is 1.41. The molecule has 0 unspecified atom stereocenters. The molecule has 0 aliphatic heterocycles. The van der Waals surface area contributed by atoms with Gasteiger partial charge in [-0.05, 0) is 11.5 Å². The number of fused-ring (bicyclic) bond motifs is 1. The number of hydrogen-bond acceptors (Lipinski definition) is 2. The smallest absolute Gasteiger partial charge is 0.213 e. The zero-order valence-electron chi connectivity index (χ0n) is 7.14. The first-order chi connectivity index (χ1) is 6.59. The van der Waals surface area contributed by atoms with Crippen molar-refractivity contribution < 1.29 is 8.42 Å². The summed E-state index contributed by atoms with van der Waals surface area (Å²) in [4.78, 5) is 0.385. The summed E-state index contributed by atoms with van der Waals surface area (Å²) in [6.07, 6.45) is 0. The molecule has 0 N–H and O–H groups in total. The second kappa shape index (κ2) is 3.51. The Balaban J connectivity index is 2.92. The predicted octanol–water partition coefficient (Wildman–Crippen LogP) is 2.96. The second-order valence-electron chi connectivity index (χ2n) is 2.92. The maximum Gasteiger partial charge on any atom is 0.231 e. The molecule has 4 heteroatoms. The highest BCUT2D eigenvalue weighted by Crippen LogP contribution is 2.26. The molecule has 72 valence electrons. The first kappa shape index (κ1) is 9.92. The van der Waals surface area contributed by atoms with Gasteiger partial charge in [-0.3, -0.25) is 0 Å². The average Bonchev–Trinajstić information content (AvgIpc) is 2.15. The van der Waals surface area contributed by atoms with E-state index in [0.29, 0.717) is 4.90 Å². The van der Waals surface area contributed by atoms with Crippen LogP contribution < -0.4 is 0 Å². The molecule has 2 nitrogen and oxygen atoms in total. The number of benzene rings is 2. The molecule has 0 aliphatic carbocycles. The summed E-state index contributed by atoms with van der Waals surface area (Å²) in [6, 6.07) is 12.7. The Morgan fingerprint density at radius 1 is 0.929 bits per heavy atom. The van der Waals surface area contributed by atoms with E-state index in [2.05, 4.69) is 0 Å². The van der Waals surface area contributed by atoms with Gasteiger partial charge in [0, 0.05) is 5.39 Å². The fourth-order valence-corrected chi connectivity index (χ4v) is 3.25. The van der Waals surface area contributed by atoms with Gasteiger partial charge in [0.15, 0.2) is 0 Å². The topological polar surface area (TPSA) is 34.1 Å². The van der Waals surface area contributed by atoms with E-state index in [1.165, 1.54) is 21.2 Å². The highest BCUT2D eigenvalue weighted by Gasteiger charge is 2.11. The quantitative estimate of drug-likeness (QED) is 0.598. The Morgan fingerprint density at radius 2 is 1.57 bits per heavy atom. The van der Waals surface area contributed by atoms with Crippen molar-refractivity contribution in [2.45, 2.75) is 4.90 Å². The molecular formula is C10H7IO2S. The van der Waals surface area contributed by atoms with Gasteiger partial charge in [-0.1, -0.05) is 36.4 Å². The lowest BCUT2D eigenvalue weighted by Crippen LogP contribution is -1.90. The molecule has 0 heterocycles. The van der Waals surface area contributed by atoms with E-state index >= 15 is 0 Å². The monoisotopic (exact) mass is 318 g/mol. The van der Waals surface area contributed by atoms with Crippen LogP contribution in [-0.2, 0) is 7.01 Å². The molecule has 0 aliphatic rings. The highest BCUT2D eigenvalue weighted by molar-refractivity contribution is 14.2. The van der Waals surface area contributed by atoms with Gasteiger partial charge in [0.25, 0.3) is 0 Å². The standard InChI is InChI=1S/C10H7IO2S/c11-14(12,13)10-7-3-5-8-4-1-2-6-9(8)10/h1-7H. The predicted molar refractivity (Wildman–Crippen MR) is 65.2 cm³/mol. The van der Waals surface area contributed by atoms with E-state index in [1.54, 1.807) is 12.1 Å². The third-order valence-corrected chi connectivity index (χ3v) is 4.32. The van der Waals surface area contributed by atoms with Crippen molar-refractivity contribution in [1.82, 2.24) is 0 Å². The van der Waals surface area contributed by atoms with Gasteiger partial charge in [-0.25, -0.2) is 8.42 Å². The number of rotatable bonds is 1. The zero-order chi connectivity index (χ0) is 10.2. The van der Waals surface area contributed by atoms with Crippen molar-refractivity contribution in [1.29, 1.82) is 0 Å². The molecule has 0 radical (unpaired) electrons. The second-order valence-corrected chi connectivity index (χ2v) is 7.71. The minimum Gasteiger partial charge on any atom is -0.213 e. The van der Waals surface area contributed by atoms with Crippen LogP contribution >= 0.6 is 21.2 Å². The van der Waals surface area contributed by atoms with Crippen molar-refractivity contribution in [3.8, 4) is 0 Å². The molecule has 0 atom stereocenters. The van der Waals surface area contributed by atoms with Crippen molar-refractivity contribution in [3.63, 3.8) is 0 Å². The van der Waals surface area contributed by atoms with Crippen molar-refractivity contribution >= 4 is 39.0 Å². The van der Waals surface area contributed by atoms with Crippen LogP contribution in [0.25, 0.3) is 10.8 Å². The largest absolute Gasteiger partial charge is 0.231 e. The molecule has 2 aromatic carbocycles. The summed E-state index contributed by atoms with van der Waals surface area (Å²) in [5.74, 6) is 0. The molecule has 0 saturated carbocycles. The summed E-state index contributed by atoms with van der Waals surface area (Å²) in [5.41, 5.74) is 0. The van der Waals surface area contributed by atoms with Crippen molar-refractivity contribution in [2.24, 2.45) is 0 Å². The Labute approximate surface area is 94.4 Å². The van der Waals surface area contributed by atoms with E-state index in [9.17, 15) is 8.42 Å². The summed E-state index contributed by atoms with van der Waals surface area (Å²) in [7, 11) is -3.16. The van der Waals surface area contributed by atoms with Crippen LogP contribution in [0.15, 0.2) is 47.4 Å². The van der Waals surface area contributed by atoms with E-state index in [1.807, 2.05) is 30.3 Å². The average molecular weight is 318 g/mol. The van der Waals surface area contributed by atoms with Gasteiger partial charge in [-0.2, -0.15) is 0 Å². The van der Waals surface area contributed by atoms with Gasteiger partial charge in [-0.15, -0.1) is 0 Å². The van der Waals surface area contributed by atoms with E-state index in [0.717, 1.165) is 10.8 Å². The number of halogens is 1. The summed E-state index contributed by atoms with van der Waals surface area (Å²) in [6.45, 7) is 0. The van der Waals surface area contributed by atoms with Crippen LogP contribution in [0.2, 0.25) is 0 Å². The highest BCUT2D eigenvalue weighted by atomic mass is 127. The molecule has 0 bridgehead atoms. The molecular weight excluding hydrogens is 311 g/mol. The van der Waals surface area contributed by atoms with Crippen LogP contribution in [-0.4, -0.2) is 8.42 Å². The van der Waals surface area contributed by atoms with Crippen LogP contribution in [0.1, 0.15) is 0 Å². The summed E-state index contributed by atoms with van der Waals surface area (Å²) >= 11 is 1.46. The molecule has 2 aromatic rings. The Hall–Kier alpha value is -0.620. The lowest BCUT2D eigenvalue weighted by Gasteiger charge is -2.02. The normalized spacial score (nSPS) is 11.8. The summed E-state index contributed by atoms with van der Waals surface area (Å²) < 4.78 is 22.9. The molecule has 0 spiro atoms. The molecule has 14 heavy (non-hydrogen) atoms. The molecule has 0 amide bonds. The lowest BCUT2D eigenvalue weighted by atomic mass is 10.1. The van der Waals surface area contributed by atoms with Gasteiger partial charge >= 0.3 is 0 Å². The van der Waals surface area contributed by atoms with Gasteiger partial charge in [0.1, 0.15) is 0 Å². The van der Waals surface area contributed by atoms with Gasteiger partial charge < -0.3 is 0 Å². The van der Waals surface area contributed by atoms with Crippen molar-refractivity contribution in [3.05, 3.63) is 42.5 Å². The third kappa shape index (κ3) is 1.76. The fraction of sp³-hybridized carbons (Fsp3) is 0. The first-order valence-electron chi connectivity index (χ1n) is 4.01. The van der Waals surface area contributed by atoms with Gasteiger partial charge in [0.05, 0.1) is 26.1 Å². The molecule has 2 rings (SSSR count). The minimum atomic E-state index is -3.16.